The van der Waals surface area contributed by atoms with E-state index in [-0.39, 0.29) is 5.17 Å². The van der Waals surface area contributed by atoms with Crippen LogP contribution < -0.4 is 5.32 Å². The predicted molar refractivity (Wildman–Crippen MR) is 92.9 cm³/mol. The zero-order valence-electron chi connectivity index (χ0n) is 13.0. The number of nitrogens with one attached hydrogen (secondary N) is 1. The lowest BCUT2D eigenvalue weighted by Gasteiger charge is -2.04. The summed E-state index contributed by atoms with van der Waals surface area (Å²) in [6.07, 6.45) is 0.338. The first-order valence-electron chi connectivity index (χ1n) is 6.77. The molecule has 0 aromatic heterocycles. The van der Waals surface area contributed by atoms with E-state index in [1.54, 1.807) is 0 Å². The predicted octanol–water partition coefficient (Wildman–Crippen LogP) is -0.424. The topological polar surface area (TPSA) is 200 Å². The van der Waals surface area contributed by atoms with Gasteiger partial charge in [0.1, 0.15) is 10.1 Å². The SMILES string of the molecule is O=C(O)CC1SC(=NN=Cc2cc(S(=O)(=O)O)ccc2S(=O)(=O)O)NC1=O. The monoisotopic (exact) mass is 437 g/mol. The second kappa shape index (κ2) is 7.73. The highest BCUT2D eigenvalue weighted by Gasteiger charge is 2.32. The van der Waals surface area contributed by atoms with Crippen LogP contribution in [-0.4, -0.2) is 59.6 Å². The Morgan fingerprint density at radius 1 is 1.22 bits per heavy atom. The van der Waals surface area contributed by atoms with Crippen molar-refractivity contribution in [3.63, 3.8) is 0 Å². The molecule has 1 saturated heterocycles. The van der Waals surface area contributed by atoms with Gasteiger partial charge < -0.3 is 10.4 Å². The Kier molecular flexibility index (Phi) is 6.01. The first-order valence-corrected chi connectivity index (χ1v) is 10.5. The minimum absolute atomic E-state index is 0.0539. The number of nitrogens with zero attached hydrogens (tertiary/aromatic N) is 2. The second-order valence-electron chi connectivity index (χ2n) is 4.99. The number of aliphatic carboxylic acids is 1. The molecule has 4 N–H and O–H groups in total. The lowest BCUT2D eigenvalue weighted by atomic mass is 10.2. The van der Waals surface area contributed by atoms with Crippen LogP contribution in [0, 0.1) is 0 Å². The molecule has 1 atom stereocenters. The number of hydrogen-bond donors (Lipinski definition) is 4. The van der Waals surface area contributed by atoms with Gasteiger partial charge in [-0.05, 0) is 18.2 Å². The minimum Gasteiger partial charge on any atom is -0.481 e. The fourth-order valence-electron chi connectivity index (χ4n) is 1.91. The van der Waals surface area contributed by atoms with Gasteiger partial charge in [0.05, 0.1) is 17.5 Å². The van der Waals surface area contributed by atoms with Crippen LogP contribution in [0.5, 0.6) is 0 Å². The zero-order valence-corrected chi connectivity index (χ0v) is 15.5. The molecule has 12 nitrogen and oxygen atoms in total. The number of hydrogen-bond acceptors (Lipinski definition) is 9. The van der Waals surface area contributed by atoms with Gasteiger partial charge in [-0.3, -0.25) is 18.7 Å². The molecule has 1 aliphatic heterocycles. The highest BCUT2D eigenvalue weighted by molar-refractivity contribution is 8.15. The quantitative estimate of drug-likeness (QED) is 0.257. The van der Waals surface area contributed by atoms with Crippen LogP contribution in [0.3, 0.4) is 0 Å². The van der Waals surface area contributed by atoms with E-state index in [9.17, 15) is 31.0 Å². The first-order chi connectivity index (χ1) is 12.4. The van der Waals surface area contributed by atoms with Crippen molar-refractivity contribution < 1.29 is 40.6 Å². The van der Waals surface area contributed by atoms with Crippen molar-refractivity contribution in [2.24, 2.45) is 10.2 Å². The maximum absolute atomic E-state index is 11.6. The summed E-state index contributed by atoms with van der Waals surface area (Å²) < 4.78 is 63.2. The largest absolute Gasteiger partial charge is 0.481 e. The van der Waals surface area contributed by atoms with Crippen LogP contribution in [0.4, 0.5) is 0 Å². The molecule has 1 aromatic rings. The smallest absolute Gasteiger partial charge is 0.305 e. The number of carbonyl (C=O) groups excluding carboxylic acids is 1. The summed E-state index contributed by atoms with van der Waals surface area (Å²) in [5.74, 6) is -1.78. The van der Waals surface area contributed by atoms with Crippen LogP contribution >= 0.6 is 11.8 Å². The number of thioether (sulfide) groups is 1. The number of benzene rings is 1. The number of amides is 1. The number of carboxylic acids is 1. The lowest BCUT2D eigenvalue weighted by Crippen LogP contribution is -2.26. The van der Waals surface area contributed by atoms with Crippen molar-refractivity contribution in [2.75, 3.05) is 0 Å². The van der Waals surface area contributed by atoms with E-state index in [1.165, 1.54) is 0 Å². The number of carbonyl (C=O) groups is 2. The Morgan fingerprint density at radius 3 is 2.44 bits per heavy atom. The number of amidine groups is 1. The van der Waals surface area contributed by atoms with Crippen molar-refractivity contribution in [2.45, 2.75) is 21.5 Å². The minimum atomic E-state index is -4.73. The Hall–Kier alpha value is -2.33. The van der Waals surface area contributed by atoms with Crippen LogP contribution in [0.2, 0.25) is 0 Å². The Bertz CT molecular complexity index is 1060. The van der Waals surface area contributed by atoms with Gasteiger partial charge in [0.15, 0.2) is 5.17 Å². The molecule has 0 radical (unpaired) electrons. The third-order valence-electron chi connectivity index (χ3n) is 3.04. The van der Waals surface area contributed by atoms with E-state index in [2.05, 4.69) is 15.5 Å². The van der Waals surface area contributed by atoms with Gasteiger partial charge in [0.2, 0.25) is 5.91 Å². The molecule has 0 aliphatic carbocycles. The second-order valence-corrected chi connectivity index (χ2v) is 9.00. The maximum Gasteiger partial charge on any atom is 0.305 e. The molecule has 1 amide bonds. The summed E-state index contributed by atoms with van der Waals surface area (Å²) in [4.78, 5) is 20.9. The maximum atomic E-state index is 11.6. The van der Waals surface area contributed by atoms with Gasteiger partial charge in [0.25, 0.3) is 20.2 Å². The van der Waals surface area contributed by atoms with Crippen molar-refractivity contribution >= 4 is 55.3 Å². The molecule has 1 heterocycles. The van der Waals surface area contributed by atoms with E-state index < -0.39 is 59.1 Å². The van der Waals surface area contributed by atoms with Gasteiger partial charge in [-0.2, -0.15) is 21.9 Å². The Morgan fingerprint density at radius 2 is 1.89 bits per heavy atom. The zero-order chi connectivity index (χ0) is 20.4. The molecule has 0 bridgehead atoms. The standard InChI is InChI=1S/C12H11N3O9S3/c16-10(17)4-8-11(18)14-12(25-8)15-13-5-6-3-7(26(19,20)21)1-2-9(6)27(22,23)24/h1-3,5,8H,4H2,(H,16,17)(H,14,15,18)(H,19,20,21)(H,22,23,24). The average molecular weight is 437 g/mol. The fraction of sp³-hybridized carbons (Fsp3) is 0.167. The summed E-state index contributed by atoms with van der Waals surface area (Å²) in [5, 5.41) is 17.1. The molecule has 1 unspecified atom stereocenters. The molecule has 0 saturated carbocycles. The van der Waals surface area contributed by atoms with E-state index in [0.29, 0.717) is 0 Å². The van der Waals surface area contributed by atoms with Gasteiger partial charge in [-0.1, -0.05) is 11.8 Å². The molecule has 15 heteroatoms. The third kappa shape index (κ3) is 5.57. The van der Waals surface area contributed by atoms with Crippen molar-refractivity contribution in [3.8, 4) is 0 Å². The Balaban J connectivity index is 2.33. The fourth-order valence-corrected chi connectivity index (χ4v) is 3.99. The van der Waals surface area contributed by atoms with E-state index in [1.807, 2.05) is 0 Å². The van der Waals surface area contributed by atoms with Crippen molar-refractivity contribution in [3.05, 3.63) is 23.8 Å². The summed E-state index contributed by atoms with van der Waals surface area (Å²) in [5.41, 5.74) is -0.395. The molecule has 1 aromatic carbocycles. The van der Waals surface area contributed by atoms with Crippen LogP contribution in [-0.2, 0) is 29.8 Å². The third-order valence-corrected chi connectivity index (χ3v) is 5.89. The van der Waals surface area contributed by atoms with Gasteiger partial charge in [-0.15, -0.1) is 5.10 Å². The first kappa shape index (κ1) is 21.0. The lowest BCUT2D eigenvalue weighted by molar-refractivity contribution is -0.138. The molecule has 1 aliphatic rings. The normalized spacial score (nSPS) is 19.6. The Labute approximate surface area is 156 Å². The van der Waals surface area contributed by atoms with Gasteiger partial charge >= 0.3 is 5.97 Å². The summed E-state index contributed by atoms with van der Waals surface area (Å²) >= 11 is 0.791. The molecule has 27 heavy (non-hydrogen) atoms. The summed E-state index contributed by atoms with van der Waals surface area (Å²) in [6, 6.07) is 2.27. The highest BCUT2D eigenvalue weighted by atomic mass is 32.2. The number of carboxylic acid groups (broad SMARTS) is 1. The summed E-state index contributed by atoms with van der Waals surface area (Å²) in [7, 11) is -9.38. The number of rotatable bonds is 6. The van der Waals surface area contributed by atoms with Gasteiger partial charge in [0, 0.05) is 5.56 Å². The van der Waals surface area contributed by atoms with Crippen molar-refractivity contribution in [1.82, 2.24) is 5.32 Å². The van der Waals surface area contributed by atoms with Gasteiger partial charge in [-0.25, -0.2) is 0 Å². The van der Waals surface area contributed by atoms with Crippen LogP contribution in [0.15, 0.2) is 38.2 Å². The summed E-state index contributed by atoms with van der Waals surface area (Å²) in [6.45, 7) is 0. The molecule has 2 rings (SSSR count). The molecular weight excluding hydrogens is 426 g/mol. The molecule has 146 valence electrons. The molecule has 1 fully saturated rings. The van der Waals surface area contributed by atoms with Crippen molar-refractivity contribution in [1.29, 1.82) is 0 Å². The van der Waals surface area contributed by atoms with E-state index in [0.717, 1.165) is 36.2 Å². The van der Waals surface area contributed by atoms with Crippen LogP contribution in [0.25, 0.3) is 0 Å². The van der Waals surface area contributed by atoms with E-state index >= 15 is 0 Å². The van der Waals surface area contributed by atoms with Crippen LogP contribution in [0.1, 0.15) is 12.0 Å². The molecule has 0 spiro atoms. The highest BCUT2D eigenvalue weighted by Crippen LogP contribution is 2.23. The average Bonchev–Trinajstić information content (AvgIpc) is 2.84. The molecular formula is C12H11N3O9S3. The van der Waals surface area contributed by atoms with E-state index in [4.69, 9.17) is 9.66 Å².